The van der Waals surface area contributed by atoms with Crippen LogP contribution in [0.1, 0.15) is 17.4 Å². The van der Waals surface area contributed by atoms with Gasteiger partial charge in [0, 0.05) is 18.5 Å². The molecule has 0 atom stereocenters. The minimum Gasteiger partial charge on any atom is -0.508 e. The second-order valence-corrected chi connectivity index (χ2v) is 7.94. The number of hydrogen-bond donors (Lipinski definition) is 1. The molecular weight excluding hydrogens is 294 g/mol. The molecule has 1 aromatic heterocycles. The Labute approximate surface area is 123 Å². The van der Waals surface area contributed by atoms with Crippen LogP contribution in [-0.2, 0) is 23.0 Å². The molecule has 0 aliphatic carbocycles. The Bertz CT molecular complexity index is 675. The number of phenolic OH excluding ortho intramolecular Hbond substituents is 1. The summed E-state index contributed by atoms with van der Waals surface area (Å²) in [5.74, 6) is 0.171. The molecule has 0 amide bonds. The lowest BCUT2D eigenvalue weighted by Crippen LogP contribution is -2.25. The van der Waals surface area contributed by atoms with Gasteiger partial charge in [-0.2, -0.15) is 4.31 Å². The van der Waals surface area contributed by atoms with E-state index in [-0.39, 0.29) is 12.3 Å². The van der Waals surface area contributed by atoms with Crippen molar-refractivity contribution in [2.45, 2.75) is 24.1 Å². The van der Waals surface area contributed by atoms with Crippen LogP contribution in [-0.4, -0.2) is 24.9 Å². The number of hydrogen-bond acceptors (Lipinski definition) is 4. The van der Waals surface area contributed by atoms with Gasteiger partial charge in [-0.05, 0) is 36.2 Å². The van der Waals surface area contributed by atoms with E-state index < -0.39 is 10.0 Å². The number of aromatic hydroxyl groups is 1. The number of aryl methyl sites for hydroxylation is 1. The summed E-state index contributed by atoms with van der Waals surface area (Å²) in [6.07, 6.45) is 0.835. The van der Waals surface area contributed by atoms with Crippen molar-refractivity contribution >= 4 is 21.4 Å². The van der Waals surface area contributed by atoms with Gasteiger partial charge in [0.1, 0.15) is 9.96 Å². The molecule has 0 unspecified atom stereocenters. The number of sulfonamides is 1. The van der Waals surface area contributed by atoms with E-state index in [0.29, 0.717) is 4.21 Å². The predicted octanol–water partition coefficient (Wildman–Crippen LogP) is 2.84. The van der Waals surface area contributed by atoms with Gasteiger partial charge in [-0.3, -0.25) is 0 Å². The smallest absolute Gasteiger partial charge is 0.252 e. The van der Waals surface area contributed by atoms with Gasteiger partial charge in [-0.25, -0.2) is 8.42 Å². The van der Waals surface area contributed by atoms with Gasteiger partial charge >= 0.3 is 0 Å². The summed E-state index contributed by atoms with van der Waals surface area (Å²) < 4.78 is 26.5. The summed E-state index contributed by atoms with van der Waals surface area (Å²) in [6, 6.07) is 10.0. The number of thiophene rings is 1. The monoisotopic (exact) mass is 311 g/mol. The Balaban J connectivity index is 2.18. The van der Waals surface area contributed by atoms with E-state index in [1.54, 1.807) is 37.4 Å². The fourth-order valence-corrected chi connectivity index (χ4v) is 4.45. The molecule has 1 aromatic carbocycles. The lowest BCUT2D eigenvalue weighted by Gasteiger charge is -2.16. The fourth-order valence-electron chi connectivity index (χ4n) is 1.78. The highest BCUT2D eigenvalue weighted by molar-refractivity contribution is 7.91. The molecule has 108 valence electrons. The zero-order valence-corrected chi connectivity index (χ0v) is 13.0. The maximum absolute atomic E-state index is 12.4. The Morgan fingerprint density at radius 1 is 1.15 bits per heavy atom. The number of nitrogens with zero attached hydrogens (tertiary/aromatic N) is 1. The van der Waals surface area contributed by atoms with E-state index in [2.05, 4.69) is 0 Å². The fraction of sp³-hybridized carbons (Fsp3) is 0.286. The van der Waals surface area contributed by atoms with Crippen molar-refractivity contribution in [3.63, 3.8) is 0 Å². The molecule has 0 spiro atoms. The van der Waals surface area contributed by atoms with Gasteiger partial charge < -0.3 is 5.11 Å². The van der Waals surface area contributed by atoms with Gasteiger partial charge in [0.2, 0.25) is 0 Å². The SMILES string of the molecule is CCc1ccc(S(=O)(=O)N(C)Cc2ccc(O)cc2)s1. The van der Waals surface area contributed by atoms with E-state index in [0.717, 1.165) is 16.9 Å². The van der Waals surface area contributed by atoms with Crippen LogP contribution in [0.3, 0.4) is 0 Å². The Hall–Kier alpha value is -1.37. The normalized spacial score (nSPS) is 11.9. The molecule has 2 rings (SSSR count). The molecule has 0 fully saturated rings. The molecule has 4 nitrogen and oxygen atoms in total. The molecule has 20 heavy (non-hydrogen) atoms. The summed E-state index contributed by atoms with van der Waals surface area (Å²) in [4.78, 5) is 1.06. The largest absolute Gasteiger partial charge is 0.508 e. The van der Waals surface area contributed by atoms with Crippen LogP contribution in [0.2, 0.25) is 0 Å². The molecule has 0 aliphatic rings. The lowest BCUT2D eigenvalue weighted by atomic mass is 10.2. The predicted molar refractivity (Wildman–Crippen MR) is 80.5 cm³/mol. The van der Waals surface area contributed by atoms with Gasteiger partial charge in [-0.15, -0.1) is 11.3 Å². The van der Waals surface area contributed by atoms with Crippen molar-refractivity contribution in [2.24, 2.45) is 0 Å². The zero-order valence-electron chi connectivity index (χ0n) is 11.4. The van der Waals surface area contributed by atoms with Crippen LogP contribution >= 0.6 is 11.3 Å². The van der Waals surface area contributed by atoms with Crippen molar-refractivity contribution in [3.05, 3.63) is 46.8 Å². The molecular formula is C14H17NO3S2. The third kappa shape index (κ3) is 3.20. The minimum atomic E-state index is -3.45. The third-order valence-electron chi connectivity index (χ3n) is 2.99. The van der Waals surface area contributed by atoms with Gasteiger partial charge in [0.15, 0.2) is 0 Å². The van der Waals surface area contributed by atoms with Crippen molar-refractivity contribution in [1.82, 2.24) is 4.31 Å². The first kappa shape index (κ1) is 15.0. The van der Waals surface area contributed by atoms with Gasteiger partial charge in [-0.1, -0.05) is 19.1 Å². The Morgan fingerprint density at radius 2 is 1.80 bits per heavy atom. The molecule has 6 heteroatoms. The highest BCUT2D eigenvalue weighted by Crippen LogP contribution is 2.25. The van der Waals surface area contributed by atoms with E-state index in [9.17, 15) is 13.5 Å². The Kier molecular flexibility index (Phi) is 4.47. The maximum atomic E-state index is 12.4. The molecule has 0 aliphatic heterocycles. The average Bonchev–Trinajstić information content (AvgIpc) is 2.90. The van der Waals surface area contributed by atoms with Crippen LogP contribution in [0.4, 0.5) is 0 Å². The van der Waals surface area contributed by atoms with E-state index in [1.165, 1.54) is 15.6 Å². The van der Waals surface area contributed by atoms with Crippen LogP contribution < -0.4 is 0 Å². The van der Waals surface area contributed by atoms with Crippen LogP contribution in [0.5, 0.6) is 5.75 Å². The van der Waals surface area contributed by atoms with E-state index in [4.69, 9.17) is 0 Å². The molecule has 0 saturated heterocycles. The minimum absolute atomic E-state index is 0.171. The van der Waals surface area contributed by atoms with Crippen molar-refractivity contribution in [2.75, 3.05) is 7.05 Å². The second kappa shape index (κ2) is 5.95. The lowest BCUT2D eigenvalue weighted by molar-refractivity contribution is 0.465. The summed E-state index contributed by atoms with van der Waals surface area (Å²) in [7, 11) is -1.88. The molecule has 2 aromatic rings. The molecule has 0 radical (unpaired) electrons. The molecule has 1 N–H and O–H groups in total. The highest BCUT2D eigenvalue weighted by Gasteiger charge is 2.22. The zero-order chi connectivity index (χ0) is 14.8. The quantitative estimate of drug-likeness (QED) is 0.924. The molecule has 1 heterocycles. The van der Waals surface area contributed by atoms with Crippen molar-refractivity contribution in [3.8, 4) is 5.75 Å². The summed E-state index contributed by atoms with van der Waals surface area (Å²) >= 11 is 1.31. The summed E-state index contributed by atoms with van der Waals surface area (Å²) in [6.45, 7) is 2.28. The van der Waals surface area contributed by atoms with Crippen molar-refractivity contribution in [1.29, 1.82) is 0 Å². The standard InChI is InChI=1S/C14H17NO3S2/c1-3-13-8-9-14(19-13)20(17,18)15(2)10-11-4-6-12(16)7-5-11/h4-9,16H,3,10H2,1-2H3. The number of phenols is 1. The van der Waals surface area contributed by atoms with Crippen LogP contribution in [0, 0.1) is 0 Å². The van der Waals surface area contributed by atoms with E-state index in [1.807, 2.05) is 13.0 Å². The summed E-state index contributed by atoms with van der Waals surface area (Å²) in [5.41, 5.74) is 0.834. The topological polar surface area (TPSA) is 57.6 Å². The highest BCUT2D eigenvalue weighted by atomic mass is 32.2. The summed E-state index contributed by atoms with van der Waals surface area (Å²) in [5, 5.41) is 9.23. The molecule has 0 saturated carbocycles. The average molecular weight is 311 g/mol. The van der Waals surface area contributed by atoms with Gasteiger partial charge in [0.25, 0.3) is 10.0 Å². The first-order valence-corrected chi connectivity index (χ1v) is 8.52. The molecule has 0 bridgehead atoms. The Morgan fingerprint density at radius 3 is 2.35 bits per heavy atom. The van der Waals surface area contributed by atoms with Gasteiger partial charge in [0.05, 0.1) is 0 Å². The number of benzene rings is 1. The maximum Gasteiger partial charge on any atom is 0.252 e. The third-order valence-corrected chi connectivity index (χ3v) is 6.49. The number of rotatable bonds is 5. The second-order valence-electron chi connectivity index (χ2n) is 4.50. The van der Waals surface area contributed by atoms with Crippen LogP contribution in [0.25, 0.3) is 0 Å². The first-order chi connectivity index (χ1) is 9.43. The van der Waals surface area contributed by atoms with E-state index >= 15 is 0 Å². The van der Waals surface area contributed by atoms with Crippen molar-refractivity contribution < 1.29 is 13.5 Å². The van der Waals surface area contributed by atoms with Crippen LogP contribution in [0.15, 0.2) is 40.6 Å². The first-order valence-electron chi connectivity index (χ1n) is 6.26.